The van der Waals surface area contributed by atoms with Gasteiger partial charge in [0, 0.05) is 36.5 Å². The predicted octanol–water partition coefficient (Wildman–Crippen LogP) is 3.30. The molecule has 1 amide bonds. The molecule has 4 rings (SSSR count). The minimum Gasteiger partial charge on any atom is -0.475 e. The lowest BCUT2D eigenvalue weighted by molar-refractivity contribution is -0.192. The number of halogens is 3. The number of hydrogen-bond donors (Lipinski definition) is 2. The van der Waals surface area contributed by atoms with Crippen LogP contribution in [0, 0.1) is 12.8 Å². The number of amides is 1. The molecule has 0 aliphatic carbocycles. The number of carbonyl (C=O) groups is 2. The molecule has 0 unspecified atom stereocenters. The van der Waals surface area contributed by atoms with Gasteiger partial charge in [-0.1, -0.05) is 0 Å². The van der Waals surface area contributed by atoms with E-state index in [0.29, 0.717) is 12.5 Å². The van der Waals surface area contributed by atoms with E-state index in [1.165, 1.54) is 11.3 Å². The maximum Gasteiger partial charge on any atom is 0.490 e. The second kappa shape index (κ2) is 9.84. The smallest absolute Gasteiger partial charge is 0.475 e. The molecule has 2 aliphatic rings. The van der Waals surface area contributed by atoms with E-state index < -0.39 is 12.1 Å². The fourth-order valence-electron chi connectivity index (χ4n) is 3.70. The van der Waals surface area contributed by atoms with Gasteiger partial charge in [0.1, 0.15) is 11.5 Å². The Morgan fingerprint density at radius 1 is 1.29 bits per heavy atom. The van der Waals surface area contributed by atoms with E-state index in [1.807, 2.05) is 35.9 Å². The number of nitrogens with one attached hydrogen (secondary N) is 1. The number of furan rings is 1. The van der Waals surface area contributed by atoms with E-state index in [4.69, 9.17) is 19.1 Å². The molecular weight excluding hydrogens is 437 g/mol. The first-order chi connectivity index (χ1) is 14.6. The molecular formula is C20H23F3N2O5S. The molecule has 170 valence electrons. The van der Waals surface area contributed by atoms with Gasteiger partial charge in [0.2, 0.25) is 0 Å². The molecule has 2 aromatic rings. The third-order valence-corrected chi connectivity index (χ3v) is 5.76. The summed E-state index contributed by atoms with van der Waals surface area (Å²) in [5, 5.41) is 13.9. The maximum atomic E-state index is 12.0. The highest BCUT2D eigenvalue weighted by atomic mass is 32.1. The lowest BCUT2D eigenvalue weighted by Crippen LogP contribution is -2.33. The Hall–Kier alpha value is -2.37. The van der Waals surface area contributed by atoms with Crippen LogP contribution in [-0.4, -0.2) is 59.9 Å². The Labute approximate surface area is 180 Å². The lowest BCUT2D eigenvalue weighted by atomic mass is 10.0. The zero-order chi connectivity index (χ0) is 22.6. The van der Waals surface area contributed by atoms with E-state index in [9.17, 15) is 18.0 Å². The van der Waals surface area contributed by atoms with Crippen LogP contribution in [0.4, 0.5) is 13.2 Å². The first kappa shape index (κ1) is 23.3. The number of carbonyl (C=O) groups excluding carboxylic acids is 1. The summed E-state index contributed by atoms with van der Waals surface area (Å²) in [4.78, 5) is 23.3. The number of carboxylic acids is 1. The second-order valence-corrected chi connectivity index (χ2v) is 8.30. The van der Waals surface area contributed by atoms with Crippen molar-refractivity contribution in [1.82, 2.24) is 10.2 Å². The molecule has 2 aromatic heterocycles. The molecule has 7 nitrogen and oxygen atoms in total. The van der Waals surface area contributed by atoms with Crippen LogP contribution in [0.25, 0.3) is 0 Å². The van der Waals surface area contributed by atoms with Gasteiger partial charge in [-0.15, -0.1) is 0 Å². The fraction of sp³-hybridized carbons (Fsp3) is 0.500. The minimum absolute atomic E-state index is 0.00766. The molecule has 31 heavy (non-hydrogen) atoms. The van der Waals surface area contributed by atoms with Gasteiger partial charge in [0.15, 0.2) is 0 Å². The summed E-state index contributed by atoms with van der Waals surface area (Å²) in [6, 6.07) is 5.90. The third-order valence-electron chi connectivity index (χ3n) is 5.08. The molecule has 0 radical (unpaired) electrons. The molecule has 2 saturated heterocycles. The Balaban J connectivity index is 0.000000339. The number of aliphatic carboxylic acids is 1. The Bertz CT molecular complexity index is 870. The summed E-state index contributed by atoms with van der Waals surface area (Å²) in [6.45, 7) is 5.40. The Morgan fingerprint density at radius 2 is 2.03 bits per heavy atom. The van der Waals surface area contributed by atoms with Gasteiger partial charge >= 0.3 is 12.1 Å². The van der Waals surface area contributed by atoms with Crippen molar-refractivity contribution in [2.75, 3.05) is 19.6 Å². The number of rotatable bonds is 5. The number of thiophene rings is 1. The van der Waals surface area contributed by atoms with Crippen molar-refractivity contribution < 1.29 is 37.0 Å². The quantitative estimate of drug-likeness (QED) is 0.712. The summed E-state index contributed by atoms with van der Waals surface area (Å²) in [6.07, 6.45) is -3.65. The van der Waals surface area contributed by atoms with Crippen LogP contribution in [0.2, 0.25) is 0 Å². The van der Waals surface area contributed by atoms with Crippen LogP contribution < -0.4 is 5.32 Å². The Kier molecular flexibility index (Phi) is 7.39. The first-order valence-electron chi connectivity index (χ1n) is 9.65. The van der Waals surface area contributed by atoms with Crippen molar-refractivity contribution in [2.45, 2.75) is 38.3 Å². The van der Waals surface area contributed by atoms with Crippen molar-refractivity contribution in [1.29, 1.82) is 0 Å². The molecule has 0 aromatic carbocycles. The van der Waals surface area contributed by atoms with E-state index in [2.05, 4.69) is 10.2 Å². The van der Waals surface area contributed by atoms with Gasteiger partial charge in [-0.05, 0) is 36.9 Å². The van der Waals surface area contributed by atoms with Crippen LogP contribution in [-0.2, 0) is 16.1 Å². The predicted molar refractivity (Wildman–Crippen MR) is 106 cm³/mol. The molecule has 3 atom stereocenters. The van der Waals surface area contributed by atoms with E-state index in [1.54, 1.807) is 0 Å². The molecule has 2 fully saturated rings. The standard InChI is InChI=1S/C18H22N2O3S.C2HF3O2/c1-12-2-3-15(22-12)9-20-8-14-6-16(23-17(14)10-20)7-19-18(21)13-4-5-24-11-13;3-2(4,5)1(6)7/h2-5,11,14,16-17H,6-10H2,1H3,(H,19,21);(H,6,7)/t14-,16-,17+;/m1./s1. The van der Waals surface area contributed by atoms with Crippen molar-refractivity contribution in [2.24, 2.45) is 5.92 Å². The molecule has 2 aliphatic heterocycles. The first-order valence-corrected chi connectivity index (χ1v) is 10.6. The lowest BCUT2D eigenvalue weighted by Gasteiger charge is -2.18. The maximum absolute atomic E-state index is 12.0. The molecule has 0 saturated carbocycles. The van der Waals surface area contributed by atoms with E-state index >= 15 is 0 Å². The topological polar surface area (TPSA) is 92.0 Å². The number of aryl methyl sites for hydroxylation is 1. The van der Waals surface area contributed by atoms with Gasteiger partial charge in [-0.2, -0.15) is 24.5 Å². The zero-order valence-electron chi connectivity index (χ0n) is 16.7. The van der Waals surface area contributed by atoms with Gasteiger partial charge in [-0.3, -0.25) is 9.69 Å². The van der Waals surface area contributed by atoms with Gasteiger partial charge in [0.25, 0.3) is 5.91 Å². The number of hydrogen-bond acceptors (Lipinski definition) is 6. The third kappa shape index (κ3) is 6.55. The highest BCUT2D eigenvalue weighted by molar-refractivity contribution is 7.08. The molecule has 11 heteroatoms. The highest BCUT2D eigenvalue weighted by Gasteiger charge is 2.42. The summed E-state index contributed by atoms with van der Waals surface area (Å²) in [7, 11) is 0. The number of carboxylic acid groups (broad SMARTS) is 1. The van der Waals surface area contributed by atoms with E-state index in [0.717, 1.165) is 43.1 Å². The highest BCUT2D eigenvalue weighted by Crippen LogP contribution is 2.33. The second-order valence-electron chi connectivity index (χ2n) is 7.52. The van der Waals surface area contributed by atoms with Crippen molar-refractivity contribution in [3.8, 4) is 0 Å². The number of alkyl halides is 3. The van der Waals surface area contributed by atoms with Gasteiger partial charge in [-0.25, -0.2) is 4.79 Å². The van der Waals surface area contributed by atoms with Gasteiger partial charge < -0.3 is 19.6 Å². The van der Waals surface area contributed by atoms with Crippen LogP contribution in [0.3, 0.4) is 0 Å². The van der Waals surface area contributed by atoms with Crippen molar-refractivity contribution in [3.63, 3.8) is 0 Å². The zero-order valence-corrected chi connectivity index (χ0v) is 17.5. The number of ether oxygens (including phenoxy) is 1. The summed E-state index contributed by atoms with van der Waals surface area (Å²) in [5.41, 5.74) is 0.734. The molecule has 4 heterocycles. The fourth-order valence-corrected chi connectivity index (χ4v) is 4.34. The summed E-state index contributed by atoms with van der Waals surface area (Å²) < 4.78 is 43.5. The Morgan fingerprint density at radius 3 is 2.58 bits per heavy atom. The average molecular weight is 460 g/mol. The minimum atomic E-state index is -5.08. The largest absolute Gasteiger partial charge is 0.490 e. The molecule has 0 spiro atoms. The average Bonchev–Trinajstić information content (AvgIpc) is 3.44. The number of nitrogens with zero attached hydrogens (tertiary/aromatic N) is 1. The summed E-state index contributed by atoms with van der Waals surface area (Å²) in [5.74, 6) is -0.225. The molecule has 0 bridgehead atoms. The molecule has 2 N–H and O–H groups in total. The van der Waals surface area contributed by atoms with E-state index in [-0.39, 0.29) is 18.1 Å². The summed E-state index contributed by atoms with van der Waals surface area (Å²) >= 11 is 1.54. The number of fused-ring (bicyclic) bond motifs is 1. The van der Waals surface area contributed by atoms with Crippen molar-refractivity contribution >= 4 is 23.2 Å². The SMILES string of the molecule is Cc1ccc(CN2C[C@H]3C[C@H](CNC(=O)c4ccsc4)O[C@H]3C2)o1.O=C(O)C(F)(F)F. The normalized spacial score (nSPS) is 23.2. The monoisotopic (exact) mass is 460 g/mol. The van der Waals surface area contributed by atoms with Crippen LogP contribution in [0.5, 0.6) is 0 Å². The van der Waals surface area contributed by atoms with Crippen molar-refractivity contribution in [3.05, 3.63) is 46.0 Å². The van der Waals surface area contributed by atoms with Crippen LogP contribution in [0.1, 0.15) is 28.3 Å². The van der Waals surface area contributed by atoms with Gasteiger partial charge in [0.05, 0.1) is 18.8 Å². The van der Waals surface area contributed by atoms with Crippen LogP contribution >= 0.6 is 11.3 Å². The number of likely N-dealkylation sites (tertiary alicyclic amines) is 1. The van der Waals surface area contributed by atoms with Crippen LogP contribution in [0.15, 0.2) is 33.4 Å².